The Balaban J connectivity index is 0.000000530. The topological polar surface area (TPSA) is 62.5 Å². The number of aliphatic imine (C=N–C) groups is 1. The van der Waals surface area contributed by atoms with Crippen LogP contribution in [0.4, 0.5) is 5.69 Å². The highest BCUT2D eigenvalue weighted by atomic mass is 16.3. The first-order valence-electron chi connectivity index (χ1n) is 11.5. The number of aliphatic hydroxyl groups is 1. The van der Waals surface area contributed by atoms with Crippen LogP contribution in [0.15, 0.2) is 17.1 Å². The van der Waals surface area contributed by atoms with Gasteiger partial charge in [0.15, 0.2) is 0 Å². The summed E-state index contributed by atoms with van der Waals surface area (Å²) in [5, 5.41) is 9.87. The van der Waals surface area contributed by atoms with Crippen LogP contribution in [0.25, 0.3) is 0 Å². The second-order valence-corrected chi connectivity index (χ2v) is 10.0. The van der Waals surface area contributed by atoms with E-state index in [9.17, 15) is 9.90 Å². The van der Waals surface area contributed by atoms with Crippen molar-refractivity contribution < 1.29 is 9.90 Å². The molecule has 0 aliphatic heterocycles. The van der Waals surface area contributed by atoms with Crippen molar-refractivity contribution in [1.82, 2.24) is 4.98 Å². The van der Waals surface area contributed by atoms with Crippen LogP contribution in [0.3, 0.4) is 0 Å². The molecule has 0 saturated heterocycles. The van der Waals surface area contributed by atoms with Crippen LogP contribution >= 0.6 is 0 Å². The molecule has 0 spiro atoms. The maximum absolute atomic E-state index is 10.8. The van der Waals surface area contributed by atoms with E-state index in [4.69, 9.17) is 0 Å². The fraction of sp³-hybridized carbons (Fsp3) is 0.731. The summed E-state index contributed by atoms with van der Waals surface area (Å²) >= 11 is 0. The fourth-order valence-electron chi connectivity index (χ4n) is 2.78. The number of ketones is 1. The molecule has 4 heteroatoms. The first-order chi connectivity index (χ1) is 13.7. The largest absolute Gasteiger partial charge is 0.384 e. The quantitative estimate of drug-likeness (QED) is 0.509. The van der Waals surface area contributed by atoms with E-state index in [0.717, 1.165) is 35.9 Å². The molecule has 1 aliphatic carbocycles. The Bertz CT molecular complexity index is 675. The number of hydrogen-bond acceptors (Lipinski definition) is 4. The van der Waals surface area contributed by atoms with Crippen LogP contribution in [-0.4, -0.2) is 21.6 Å². The Morgan fingerprint density at radius 3 is 1.97 bits per heavy atom. The third-order valence-electron chi connectivity index (χ3n) is 5.16. The molecule has 0 aromatic carbocycles. The van der Waals surface area contributed by atoms with Crippen molar-refractivity contribution >= 4 is 17.2 Å². The molecule has 1 fully saturated rings. The lowest BCUT2D eigenvalue weighted by Crippen LogP contribution is -2.18. The van der Waals surface area contributed by atoms with Crippen molar-refractivity contribution in [2.24, 2.45) is 16.3 Å². The summed E-state index contributed by atoms with van der Waals surface area (Å²) in [7, 11) is 0. The minimum Gasteiger partial charge on any atom is -0.384 e. The second-order valence-electron chi connectivity index (χ2n) is 10.0. The Kier molecular flexibility index (Phi) is 12.3. The number of aromatic nitrogens is 1. The lowest BCUT2D eigenvalue weighted by molar-refractivity contribution is -0.125. The van der Waals surface area contributed by atoms with E-state index in [1.807, 2.05) is 53.7 Å². The molecule has 1 heterocycles. The van der Waals surface area contributed by atoms with Gasteiger partial charge in [0.1, 0.15) is 11.4 Å². The van der Waals surface area contributed by atoms with Gasteiger partial charge < -0.3 is 5.11 Å². The summed E-state index contributed by atoms with van der Waals surface area (Å²) < 4.78 is 0. The van der Waals surface area contributed by atoms with Crippen LogP contribution in [0.5, 0.6) is 0 Å². The third-order valence-corrected chi connectivity index (χ3v) is 5.16. The number of hydrogen-bond donors (Lipinski definition) is 1. The van der Waals surface area contributed by atoms with Crippen LogP contribution in [0.1, 0.15) is 112 Å². The number of nitrogens with zero attached hydrogens (tertiary/aromatic N) is 2. The predicted molar refractivity (Wildman–Crippen MR) is 130 cm³/mol. The van der Waals surface area contributed by atoms with E-state index < -0.39 is 5.60 Å². The molecule has 1 N–H and O–H groups in total. The number of aryl methyl sites for hydroxylation is 1. The SMILES string of the molecule is CC1CCC1.CCC(=O)C(C)(C)C.CCCC(C)=Nc1ccc(C(C)(C)O)nc1C. The summed E-state index contributed by atoms with van der Waals surface area (Å²) in [6.45, 7) is 19.6. The molecule has 0 amide bonds. The molecule has 0 radical (unpaired) electrons. The van der Waals surface area contributed by atoms with Crippen LogP contribution < -0.4 is 0 Å². The van der Waals surface area contributed by atoms with Gasteiger partial charge in [0, 0.05) is 17.5 Å². The summed E-state index contributed by atoms with van der Waals surface area (Å²) in [5.41, 5.74) is 2.53. The predicted octanol–water partition coefficient (Wildman–Crippen LogP) is 7.33. The van der Waals surface area contributed by atoms with Crippen molar-refractivity contribution in [2.45, 2.75) is 113 Å². The monoisotopic (exact) mass is 418 g/mol. The van der Waals surface area contributed by atoms with Crippen LogP contribution in [0, 0.1) is 18.3 Å². The van der Waals surface area contributed by atoms with Crippen molar-refractivity contribution in [3.8, 4) is 0 Å². The second kappa shape index (κ2) is 13.0. The summed E-state index contributed by atoms with van der Waals surface area (Å²) in [4.78, 5) is 19.8. The molecule has 1 aromatic heterocycles. The molecule has 30 heavy (non-hydrogen) atoms. The van der Waals surface area contributed by atoms with Gasteiger partial charge in [-0.3, -0.25) is 14.8 Å². The minimum atomic E-state index is -0.897. The maximum atomic E-state index is 10.8. The van der Waals surface area contributed by atoms with Gasteiger partial charge in [0.05, 0.1) is 17.1 Å². The third kappa shape index (κ3) is 11.6. The van der Waals surface area contributed by atoms with E-state index in [-0.39, 0.29) is 5.41 Å². The average Bonchev–Trinajstić information content (AvgIpc) is 2.60. The molecule has 0 atom stereocenters. The molecule has 2 rings (SSSR count). The zero-order valence-corrected chi connectivity index (χ0v) is 21.2. The number of pyridine rings is 1. The molecule has 1 aliphatic rings. The average molecular weight is 419 g/mol. The lowest BCUT2D eigenvalue weighted by atomic mass is 9.88. The van der Waals surface area contributed by atoms with Crippen LogP contribution in [-0.2, 0) is 10.4 Å². The molecule has 4 nitrogen and oxygen atoms in total. The summed E-state index contributed by atoms with van der Waals surface area (Å²) in [6.07, 6.45) is 7.22. The van der Waals surface area contributed by atoms with Gasteiger partial charge in [0.25, 0.3) is 0 Å². The van der Waals surface area contributed by atoms with Crippen molar-refractivity contribution in [3.63, 3.8) is 0 Å². The fourth-order valence-corrected chi connectivity index (χ4v) is 2.78. The van der Waals surface area contributed by atoms with Gasteiger partial charge in [-0.25, -0.2) is 0 Å². The van der Waals surface area contributed by atoms with Gasteiger partial charge in [-0.1, -0.05) is 67.2 Å². The van der Waals surface area contributed by atoms with E-state index in [1.54, 1.807) is 13.8 Å². The Labute approximate surface area is 185 Å². The molecule has 1 saturated carbocycles. The van der Waals surface area contributed by atoms with Crippen LogP contribution in [0.2, 0.25) is 0 Å². The Hall–Kier alpha value is -1.55. The smallest absolute Gasteiger partial charge is 0.137 e. The van der Waals surface area contributed by atoms with Gasteiger partial charge in [0.2, 0.25) is 0 Å². The molecular weight excluding hydrogens is 372 g/mol. The molecule has 0 bridgehead atoms. The highest BCUT2D eigenvalue weighted by molar-refractivity contribution is 5.84. The van der Waals surface area contributed by atoms with Gasteiger partial charge >= 0.3 is 0 Å². The molecule has 172 valence electrons. The molecule has 0 unspecified atom stereocenters. The normalized spacial score (nSPS) is 14.7. The number of Topliss-reactive ketones (excluding diaryl/α,β-unsaturated/α-hetero) is 1. The van der Waals surface area contributed by atoms with Gasteiger partial charge in [-0.15, -0.1) is 0 Å². The van der Waals surface area contributed by atoms with E-state index in [1.165, 1.54) is 19.3 Å². The minimum absolute atomic E-state index is 0.130. The number of carbonyl (C=O) groups excluding carboxylic acids is 1. The van der Waals surface area contributed by atoms with Crippen molar-refractivity contribution in [3.05, 3.63) is 23.5 Å². The summed E-state index contributed by atoms with van der Waals surface area (Å²) in [5.74, 6) is 1.40. The van der Waals surface area contributed by atoms with Crippen molar-refractivity contribution in [1.29, 1.82) is 0 Å². The zero-order valence-electron chi connectivity index (χ0n) is 21.2. The van der Waals surface area contributed by atoms with Gasteiger partial charge in [-0.2, -0.15) is 0 Å². The number of carbonyl (C=O) groups is 1. The van der Waals surface area contributed by atoms with E-state index in [0.29, 0.717) is 17.9 Å². The van der Waals surface area contributed by atoms with Gasteiger partial charge in [-0.05, 0) is 52.2 Å². The standard InChI is InChI=1S/C14H22N2O.C7H14O.C5H10/c1-6-7-10(2)15-12-8-9-13(14(4,5)17)16-11(12)3;1-5-6(8)7(2,3)4;1-5-3-2-4-5/h8-9,17H,6-7H2,1-5H3;5H2,1-4H3;5H,2-4H2,1H3. The van der Waals surface area contributed by atoms with E-state index >= 15 is 0 Å². The highest BCUT2D eigenvalue weighted by Crippen LogP contribution is 2.24. The van der Waals surface area contributed by atoms with E-state index in [2.05, 4.69) is 23.8 Å². The first-order valence-corrected chi connectivity index (χ1v) is 11.5. The summed E-state index contributed by atoms with van der Waals surface area (Å²) in [6, 6.07) is 3.76. The Morgan fingerprint density at radius 2 is 1.70 bits per heavy atom. The lowest BCUT2D eigenvalue weighted by Gasteiger charge is -2.18. The Morgan fingerprint density at radius 1 is 1.17 bits per heavy atom. The first kappa shape index (κ1) is 28.5. The zero-order chi connectivity index (χ0) is 23.5. The molecular formula is C26H46N2O2. The maximum Gasteiger partial charge on any atom is 0.137 e. The highest BCUT2D eigenvalue weighted by Gasteiger charge is 2.18. The molecule has 1 aromatic rings. The van der Waals surface area contributed by atoms with Crippen molar-refractivity contribution in [2.75, 3.05) is 0 Å². The number of rotatable bonds is 5.